The van der Waals surface area contributed by atoms with E-state index in [1.807, 2.05) is 6.92 Å². The molecule has 0 bridgehead atoms. The number of anilines is 1. The maximum atomic E-state index is 12.6. The Kier molecular flexibility index (Phi) is 3.34. The van der Waals surface area contributed by atoms with E-state index in [0.717, 1.165) is 5.56 Å². The Balaban J connectivity index is 2.15. The molecule has 1 atom stereocenters. The summed E-state index contributed by atoms with van der Waals surface area (Å²) in [6.07, 6.45) is 1.62. The van der Waals surface area contributed by atoms with Crippen LogP contribution in [0.3, 0.4) is 0 Å². The number of carbonyl (C=O) groups excluding carboxylic acids is 1. The number of nitrogens with zero attached hydrogens (tertiary/aromatic N) is 2. The number of halogens is 1. The number of hydrogen-bond acceptors (Lipinski definition) is 4. The third-order valence-corrected chi connectivity index (χ3v) is 3.69. The zero-order valence-corrected chi connectivity index (χ0v) is 10.7. The van der Waals surface area contributed by atoms with Crippen LogP contribution < -0.4 is 4.90 Å². The fraction of sp³-hybridized carbons (Fsp3) is 0.455. The highest BCUT2D eigenvalue weighted by molar-refractivity contribution is 7.86. The number of aryl methyl sites for hydroxylation is 1. The molecule has 1 amide bonds. The molecule has 1 unspecified atom stereocenters. The summed E-state index contributed by atoms with van der Waals surface area (Å²) in [5.41, 5.74) is 0.953. The first-order valence-corrected chi connectivity index (χ1v) is 7.06. The number of amides is 1. The minimum atomic E-state index is -4.54. The number of aromatic nitrogens is 1. The van der Waals surface area contributed by atoms with E-state index in [1.165, 1.54) is 4.90 Å². The molecule has 1 aliphatic rings. The van der Waals surface area contributed by atoms with Crippen LogP contribution in [0.1, 0.15) is 12.0 Å². The Hall–Kier alpha value is -1.50. The second-order valence-corrected chi connectivity index (χ2v) is 5.88. The van der Waals surface area contributed by atoms with E-state index < -0.39 is 21.9 Å². The van der Waals surface area contributed by atoms with Gasteiger partial charge in [-0.15, -0.1) is 3.89 Å². The molecule has 1 saturated heterocycles. The van der Waals surface area contributed by atoms with E-state index in [-0.39, 0.29) is 18.9 Å². The maximum Gasteiger partial charge on any atom is 0.302 e. The van der Waals surface area contributed by atoms with Gasteiger partial charge in [-0.2, -0.15) is 8.42 Å². The van der Waals surface area contributed by atoms with Crippen LogP contribution in [0.15, 0.2) is 18.3 Å². The summed E-state index contributed by atoms with van der Waals surface area (Å²) in [5.74, 6) is -0.851. The molecule has 1 fully saturated rings. The van der Waals surface area contributed by atoms with Gasteiger partial charge in [0.1, 0.15) is 5.82 Å². The van der Waals surface area contributed by atoms with Crippen molar-refractivity contribution in [1.82, 2.24) is 4.98 Å². The summed E-state index contributed by atoms with van der Waals surface area (Å²) in [7, 11) is -4.54. The van der Waals surface area contributed by atoms with E-state index in [2.05, 4.69) is 4.98 Å². The number of carbonyl (C=O) groups is 1. The van der Waals surface area contributed by atoms with E-state index in [0.29, 0.717) is 5.82 Å². The summed E-state index contributed by atoms with van der Waals surface area (Å²) in [5, 5.41) is 0. The fourth-order valence-electron chi connectivity index (χ4n) is 2.06. The molecule has 0 radical (unpaired) electrons. The van der Waals surface area contributed by atoms with Gasteiger partial charge in [-0.05, 0) is 24.6 Å². The first kappa shape index (κ1) is 12.9. The Bertz CT molecular complexity index is 573. The second kappa shape index (κ2) is 4.64. The third-order valence-electron chi connectivity index (χ3n) is 2.82. The molecule has 98 valence electrons. The molecule has 0 saturated carbocycles. The second-order valence-electron chi connectivity index (χ2n) is 4.47. The molecule has 7 heteroatoms. The van der Waals surface area contributed by atoms with Crippen molar-refractivity contribution in [3.63, 3.8) is 0 Å². The summed E-state index contributed by atoms with van der Waals surface area (Å²) in [4.78, 5) is 17.2. The lowest BCUT2D eigenvalue weighted by Gasteiger charge is -2.15. The zero-order chi connectivity index (χ0) is 13.3. The van der Waals surface area contributed by atoms with E-state index in [9.17, 15) is 17.1 Å². The normalized spacial score (nSPS) is 20.4. The summed E-state index contributed by atoms with van der Waals surface area (Å²) < 4.78 is 33.7. The van der Waals surface area contributed by atoms with Gasteiger partial charge in [-0.3, -0.25) is 9.69 Å². The summed E-state index contributed by atoms with van der Waals surface area (Å²) in [6, 6.07) is 3.54. The maximum absolute atomic E-state index is 12.6. The molecule has 1 aliphatic heterocycles. The smallest absolute Gasteiger partial charge is 0.296 e. The average Bonchev–Trinajstić information content (AvgIpc) is 2.56. The van der Waals surface area contributed by atoms with Crippen LogP contribution in [-0.2, 0) is 15.0 Å². The van der Waals surface area contributed by atoms with E-state index in [1.54, 1.807) is 18.3 Å². The van der Waals surface area contributed by atoms with Crippen molar-refractivity contribution in [3.8, 4) is 0 Å². The largest absolute Gasteiger partial charge is 0.302 e. The van der Waals surface area contributed by atoms with Gasteiger partial charge < -0.3 is 0 Å². The minimum absolute atomic E-state index is 0.0404. The van der Waals surface area contributed by atoms with Crippen LogP contribution in [0.2, 0.25) is 0 Å². The lowest BCUT2D eigenvalue weighted by molar-refractivity contribution is -0.117. The molecule has 0 aromatic carbocycles. The summed E-state index contributed by atoms with van der Waals surface area (Å²) >= 11 is 0. The third kappa shape index (κ3) is 3.04. The van der Waals surface area contributed by atoms with E-state index in [4.69, 9.17) is 0 Å². The molecular weight excluding hydrogens is 259 g/mol. The molecule has 0 spiro atoms. The van der Waals surface area contributed by atoms with Gasteiger partial charge in [-0.25, -0.2) is 4.98 Å². The molecule has 2 heterocycles. The highest BCUT2D eigenvalue weighted by atomic mass is 32.3. The predicted octanol–water partition coefficient (Wildman–Crippen LogP) is 1.04. The van der Waals surface area contributed by atoms with Crippen molar-refractivity contribution in [2.45, 2.75) is 13.3 Å². The Morgan fingerprint density at radius 2 is 2.28 bits per heavy atom. The topological polar surface area (TPSA) is 67.3 Å². The van der Waals surface area contributed by atoms with Crippen LogP contribution in [0.25, 0.3) is 0 Å². The number of rotatable bonds is 3. The highest BCUT2D eigenvalue weighted by Crippen LogP contribution is 2.25. The molecular formula is C11H13FN2O3S. The Morgan fingerprint density at radius 3 is 2.89 bits per heavy atom. The minimum Gasteiger partial charge on any atom is -0.296 e. The molecule has 1 aromatic rings. The molecule has 0 aliphatic carbocycles. The number of pyridine rings is 1. The van der Waals surface area contributed by atoms with Crippen molar-refractivity contribution < 1.29 is 17.1 Å². The van der Waals surface area contributed by atoms with Crippen LogP contribution in [0.5, 0.6) is 0 Å². The molecule has 2 rings (SSSR count). The monoisotopic (exact) mass is 272 g/mol. The van der Waals surface area contributed by atoms with Crippen LogP contribution >= 0.6 is 0 Å². The van der Waals surface area contributed by atoms with Gasteiger partial charge in [0.2, 0.25) is 5.91 Å². The van der Waals surface area contributed by atoms with Crippen LogP contribution in [-0.4, -0.2) is 31.6 Å². The number of hydrogen-bond donors (Lipinski definition) is 0. The first-order chi connectivity index (χ1) is 8.35. The van der Waals surface area contributed by atoms with Gasteiger partial charge in [0.15, 0.2) is 0 Å². The Labute approximate surface area is 105 Å². The van der Waals surface area contributed by atoms with Crippen LogP contribution in [0, 0.1) is 12.8 Å². The van der Waals surface area contributed by atoms with Crippen molar-refractivity contribution in [1.29, 1.82) is 0 Å². The zero-order valence-electron chi connectivity index (χ0n) is 9.84. The average molecular weight is 272 g/mol. The lowest BCUT2D eigenvalue weighted by atomic mass is 10.1. The first-order valence-electron chi connectivity index (χ1n) is 5.50. The van der Waals surface area contributed by atoms with Crippen LogP contribution in [0.4, 0.5) is 9.70 Å². The lowest BCUT2D eigenvalue weighted by Crippen LogP contribution is -2.26. The SMILES string of the molecule is Cc1ccnc(N2CC(CS(=O)(=O)F)CC2=O)c1. The van der Waals surface area contributed by atoms with Crippen molar-refractivity contribution >= 4 is 21.9 Å². The van der Waals surface area contributed by atoms with Gasteiger partial charge in [0, 0.05) is 25.1 Å². The fourth-order valence-corrected chi connectivity index (χ4v) is 2.85. The molecule has 18 heavy (non-hydrogen) atoms. The predicted molar refractivity (Wildman–Crippen MR) is 64.3 cm³/mol. The van der Waals surface area contributed by atoms with Gasteiger partial charge in [0.05, 0.1) is 5.75 Å². The Morgan fingerprint density at radius 1 is 1.56 bits per heavy atom. The molecule has 5 nitrogen and oxygen atoms in total. The molecule has 0 N–H and O–H groups in total. The van der Waals surface area contributed by atoms with Crippen molar-refractivity contribution in [2.24, 2.45) is 5.92 Å². The van der Waals surface area contributed by atoms with Gasteiger partial charge in [0.25, 0.3) is 0 Å². The van der Waals surface area contributed by atoms with Crippen molar-refractivity contribution in [3.05, 3.63) is 23.9 Å². The van der Waals surface area contributed by atoms with Crippen molar-refractivity contribution in [2.75, 3.05) is 17.2 Å². The van der Waals surface area contributed by atoms with Gasteiger partial charge in [-0.1, -0.05) is 0 Å². The van der Waals surface area contributed by atoms with E-state index >= 15 is 0 Å². The quantitative estimate of drug-likeness (QED) is 0.771. The molecule has 1 aromatic heterocycles. The van der Waals surface area contributed by atoms with Gasteiger partial charge >= 0.3 is 10.2 Å². The standard InChI is InChI=1S/C11H13FN2O3S/c1-8-2-3-13-10(4-8)14-6-9(5-11(14)15)7-18(12,16)17/h2-4,9H,5-7H2,1H3. The highest BCUT2D eigenvalue weighted by Gasteiger charge is 2.34. The summed E-state index contributed by atoms with van der Waals surface area (Å²) in [6.45, 7) is 2.06.